The van der Waals surface area contributed by atoms with Gasteiger partial charge in [0.15, 0.2) is 0 Å². The van der Waals surface area contributed by atoms with Crippen molar-refractivity contribution in [3.05, 3.63) is 39.8 Å². The van der Waals surface area contributed by atoms with Crippen molar-refractivity contribution in [2.24, 2.45) is 0 Å². The van der Waals surface area contributed by atoms with Crippen LogP contribution in [0.3, 0.4) is 0 Å². The molecule has 1 aromatic heterocycles. The molecule has 172 valence electrons. The molecule has 1 heterocycles. The van der Waals surface area contributed by atoms with E-state index in [2.05, 4.69) is 10.6 Å². The van der Waals surface area contributed by atoms with Crippen LogP contribution >= 0.6 is 11.3 Å². The number of thiophene rings is 1. The Kier molecular flexibility index (Phi) is 7.74. The number of amides is 2. The number of aryl methyl sites for hydroxylation is 1. The number of carbonyl (C=O) groups is 3. The minimum absolute atomic E-state index is 0.0275. The second kappa shape index (κ2) is 10.5. The van der Waals surface area contributed by atoms with Crippen LogP contribution in [-0.2, 0) is 22.5 Å². The highest BCUT2D eigenvalue weighted by molar-refractivity contribution is 7.17. The Morgan fingerprint density at radius 1 is 1.19 bits per heavy atom. The Morgan fingerprint density at radius 3 is 2.62 bits per heavy atom. The van der Waals surface area contributed by atoms with Crippen molar-refractivity contribution in [2.45, 2.75) is 45.6 Å². The summed E-state index contributed by atoms with van der Waals surface area (Å²) in [5.41, 5.74) is 1.99. The number of hydrogen-bond acceptors (Lipinski definition) is 7. The van der Waals surface area contributed by atoms with Crippen molar-refractivity contribution in [1.82, 2.24) is 5.32 Å². The number of ketones is 1. The molecule has 0 bridgehead atoms. The summed E-state index contributed by atoms with van der Waals surface area (Å²) < 4.78 is 15.8. The van der Waals surface area contributed by atoms with Gasteiger partial charge in [0.05, 0.1) is 26.4 Å². The van der Waals surface area contributed by atoms with Gasteiger partial charge in [0.25, 0.3) is 0 Å². The largest absolute Gasteiger partial charge is 0.497 e. The average molecular weight is 461 g/mol. The van der Waals surface area contributed by atoms with E-state index in [1.165, 1.54) is 11.3 Å². The molecule has 2 amide bonds. The van der Waals surface area contributed by atoms with Gasteiger partial charge in [0.1, 0.15) is 22.3 Å². The molecule has 2 N–H and O–H groups in total. The number of ether oxygens (including phenoxy) is 3. The van der Waals surface area contributed by atoms with Gasteiger partial charge >= 0.3 is 12.0 Å². The normalized spacial score (nSPS) is 14.4. The first-order valence-electron chi connectivity index (χ1n) is 10.5. The van der Waals surface area contributed by atoms with Gasteiger partial charge < -0.3 is 24.3 Å². The van der Waals surface area contributed by atoms with Gasteiger partial charge in [0.2, 0.25) is 0 Å². The van der Waals surface area contributed by atoms with Gasteiger partial charge in [-0.25, -0.2) is 9.59 Å². The minimum atomic E-state index is -0.479. The van der Waals surface area contributed by atoms with Crippen LogP contribution < -0.4 is 20.1 Å². The lowest BCUT2D eigenvalue weighted by molar-refractivity contribution is -0.117. The quantitative estimate of drug-likeness (QED) is 0.542. The van der Waals surface area contributed by atoms with E-state index in [4.69, 9.17) is 14.2 Å². The van der Waals surface area contributed by atoms with Crippen molar-refractivity contribution in [2.75, 3.05) is 26.1 Å². The molecule has 1 aromatic carbocycles. The summed E-state index contributed by atoms with van der Waals surface area (Å²) in [5, 5.41) is 6.04. The van der Waals surface area contributed by atoms with Crippen molar-refractivity contribution < 1.29 is 28.6 Å². The fourth-order valence-electron chi connectivity index (χ4n) is 3.92. The maximum absolute atomic E-state index is 12.7. The number of methoxy groups -OCH3 is 2. The summed E-state index contributed by atoms with van der Waals surface area (Å²) in [7, 11) is 3.12. The number of esters is 1. The third-order valence-corrected chi connectivity index (χ3v) is 6.51. The molecular formula is C23H28N2O6S. The fraction of sp³-hybridized carbons (Fsp3) is 0.435. The molecule has 2 aromatic rings. The highest BCUT2D eigenvalue weighted by Crippen LogP contribution is 2.46. The maximum Gasteiger partial charge on any atom is 0.341 e. The third kappa shape index (κ3) is 5.21. The lowest BCUT2D eigenvalue weighted by Crippen LogP contribution is -2.28. The lowest BCUT2D eigenvalue weighted by Gasteiger charge is -2.14. The number of urea groups is 1. The summed E-state index contributed by atoms with van der Waals surface area (Å²) in [6.07, 6.45) is 1.96. The van der Waals surface area contributed by atoms with Crippen molar-refractivity contribution in [3.63, 3.8) is 0 Å². The summed E-state index contributed by atoms with van der Waals surface area (Å²) >= 11 is 1.37. The predicted octanol–water partition coefficient (Wildman–Crippen LogP) is 4.27. The third-order valence-electron chi connectivity index (χ3n) is 5.32. The van der Waals surface area contributed by atoms with E-state index >= 15 is 0 Å². The highest BCUT2D eigenvalue weighted by Gasteiger charge is 2.34. The van der Waals surface area contributed by atoms with Crippen LogP contribution in [0.25, 0.3) is 0 Å². The Balaban J connectivity index is 1.78. The lowest BCUT2D eigenvalue weighted by atomic mass is 9.94. The monoisotopic (exact) mass is 460 g/mol. The molecule has 32 heavy (non-hydrogen) atoms. The fourth-order valence-corrected chi connectivity index (χ4v) is 5.21. The Bertz CT molecular complexity index is 1020. The van der Waals surface area contributed by atoms with Crippen LogP contribution in [0.2, 0.25) is 0 Å². The number of benzene rings is 1. The summed E-state index contributed by atoms with van der Waals surface area (Å²) in [5.74, 6) is 0.818. The minimum Gasteiger partial charge on any atom is -0.497 e. The molecule has 0 radical (unpaired) electrons. The van der Waals surface area contributed by atoms with E-state index in [-0.39, 0.29) is 24.9 Å². The predicted molar refractivity (Wildman–Crippen MR) is 122 cm³/mol. The standard InChI is InChI=1S/C23H28N2O6S/c1-5-31-22(27)20-19-14(10-13(2)26)7-9-18(19)32-21(20)25-23(28)24-12-15-6-8-16(29-3)11-17(15)30-4/h6,8,11,14H,5,7,9-10,12H2,1-4H3,(H2,24,25,28). The average Bonchev–Trinajstić information content (AvgIpc) is 3.31. The molecule has 0 spiro atoms. The van der Waals surface area contributed by atoms with E-state index in [0.29, 0.717) is 28.5 Å². The first-order chi connectivity index (χ1) is 15.4. The number of carbonyl (C=O) groups excluding carboxylic acids is 3. The topological polar surface area (TPSA) is 103 Å². The van der Waals surface area contributed by atoms with Crippen molar-refractivity contribution in [1.29, 1.82) is 0 Å². The maximum atomic E-state index is 12.7. The van der Waals surface area contributed by atoms with Crippen LogP contribution in [0.4, 0.5) is 9.80 Å². The van der Waals surface area contributed by atoms with Crippen LogP contribution in [0, 0.1) is 0 Å². The van der Waals surface area contributed by atoms with Gasteiger partial charge in [-0.05, 0) is 50.3 Å². The van der Waals surface area contributed by atoms with Gasteiger partial charge in [0, 0.05) is 29.5 Å². The number of anilines is 1. The van der Waals surface area contributed by atoms with E-state index in [1.807, 2.05) is 6.07 Å². The summed E-state index contributed by atoms with van der Waals surface area (Å²) in [4.78, 5) is 38.1. The number of rotatable bonds is 9. The van der Waals surface area contributed by atoms with Crippen molar-refractivity contribution >= 4 is 34.1 Å². The zero-order valence-electron chi connectivity index (χ0n) is 18.7. The molecule has 1 unspecified atom stereocenters. The first-order valence-corrected chi connectivity index (χ1v) is 11.3. The van der Waals surface area contributed by atoms with Gasteiger partial charge in [-0.1, -0.05) is 0 Å². The number of nitrogens with one attached hydrogen (secondary N) is 2. The number of fused-ring (bicyclic) bond motifs is 1. The molecule has 1 aliphatic carbocycles. The van der Waals surface area contributed by atoms with Gasteiger partial charge in [-0.15, -0.1) is 11.3 Å². The van der Waals surface area contributed by atoms with Gasteiger partial charge in [-0.3, -0.25) is 5.32 Å². The van der Waals surface area contributed by atoms with E-state index in [9.17, 15) is 14.4 Å². The van der Waals surface area contributed by atoms with Crippen LogP contribution in [0.5, 0.6) is 11.5 Å². The zero-order valence-corrected chi connectivity index (χ0v) is 19.5. The van der Waals surface area contributed by atoms with Crippen LogP contribution in [0.1, 0.15) is 59.0 Å². The molecule has 0 fully saturated rings. The second-order valence-corrected chi connectivity index (χ2v) is 8.60. The molecule has 8 nitrogen and oxygen atoms in total. The Morgan fingerprint density at radius 2 is 1.97 bits per heavy atom. The van der Waals surface area contributed by atoms with Crippen LogP contribution in [-0.4, -0.2) is 38.6 Å². The van der Waals surface area contributed by atoms with E-state index in [1.54, 1.807) is 40.2 Å². The highest BCUT2D eigenvalue weighted by atomic mass is 32.1. The van der Waals surface area contributed by atoms with Crippen LogP contribution in [0.15, 0.2) is 18.2 Å². The van der Waals surface area contributed by atoms with E-state index in [0.717, 1.165) is 28.8 Å². The molecule has 0 saturated carbocycles. The number of hydrogen-bond donors (Lipinski definition) is 2. The molecular weight excluding hydrogens is 432 g/mol. The SMILES string of the molecule is CCOC(=O)c1c(NC(=O)NCc2ccc(OC)cc2OC)sc2c1C(CC(C)=O)CC2. The second-order valence-electron chi connectivity index (χ2n) is 7.49. The van der Waals surface area contributed by atoms with Gasteiger partial charge in [-0.2, -0.15) is 0 Å². The zero-order chi connectivity index (χ0) is 23.3. The molecule has 0 saturated heterocycles. The number of Topliss-reactive ketones (excluding diaryl/α,β-unsaturated/α-hetero) is 1. The smallest absolute Gasteiger partial charge is 0.341 e. The molecule has 0 aliphatic heterocycles. The first kappa shape index (κ1) is 23.6. The molecule has 1 atom stereocenters. The summed E-state index contributed by atoms with van der Waals surface area (Å²) in [6.45, 7) is 3.74. The molecule has 9 heteroatoms. The van der Waals surface area contributed by atoms with E-state index < -0.39 is 12.0 Å². The summed E-state index contributed by atoms with van der Waals surface area (Å²) in [6, 6.07) is 4.90. The van der Waals surface area contributed by atoms with Crippen molar-refractivity contribution in [3.8, 4) is 11.5 Å². The Hall–Kier alpha value is -3.07. The Labute approximate surface area is 191 Å². The molecule has 3 rings (SSSR count). The molecule has 1 aliphatic rings.